The Hall–Kier alpha value is -1.36. The van der Waals surface area contributed by atoms with Gasteiger partial charge in [0.15, 0.2) is 0 Å². The van der Waals surface area contributed by atoms with Crippen LogP contribution in [0.3, 0.4) is 0 Å². The molecule has 0 saturated carbocycles. The number of carbonyl (C=O) groups is 1. The van der Waals surface area contributed by atoms with E-state index >= 15 is 0 Å². The number of nitrogens with zero attached hydrogens (tertiary/aromatic N) is 3. The maximum Gasteiger partial charge on any atom is 0.223 e. The molecule has 1 atom stereocenters. The predicted molar refractivity (Wildman–Crippen MR) is 65.9 cm³/mol. The van der Waals surface area contributed by atoms with Gasteiger partial charge in [-0.1, -0.05) is 0 Å². The summed E-state index contributed by atoms with van der Waals surface area (Å²) in [4.78, 5) is 14.2. The van der Waals surface area contributed by atoms with Gasteiger partial charge in [0.05, 0.1) is 24.5 Å². The van der Waals surface area contributed by atoms with E-state index in [-0.39, 0.29) is 5.91 Å². The summed E-state index contributed by atoms with van der Waals surface area (Å²) in [6, 6.07) is 2.07. The highest BCUT2D eigenvalue weighted by Gasteiger charge is 2.25. The Kier molecular flexibility index (Phi) is 3.07. The molecule has 0 spiro atoms. The molecule has 0 N–H and O–H groups in total. The number of hydrogen-bond acceptors (Lipinski definition) is 3. The smallest absolute Gasteiger partial charge is 0.223 e. The minimum atomic E-state index is 0.260. The van der Waals surface area contributed by atoms with Gasteiger partial charge in [0.25, 0.3) is 0 Å². The molecule has 3 rings (SSSR count). The van der Waals surface area contributed by atoms with Gasteiger partial charge in [-0.25, -0.2) is 0 Å². The van der Waals surface area contributed by atoms with Crippen molar-refractivity contribution >= 4 is 5.91 Å². The van der Waals surface area contributed by atoms with E-state index in [1.54, 1.807) is 0 Å². The van der Waals surface area contributed by atoms with Crippen LogP contribution in [0.15, 0.2) is 6.07 Å². The number of ether oxygens (including phenoxy) is 1. The molecule has 1 aromatic heterocycles. The second-order valence-corrected chi connectivity index (χ2v) is 5.25. The van der Waals surface area contributed by atoms with Gasteiger partial charge in [0, 0.05) is 26.2 Å². The molecule has 5 heteroatoms. The maximum absolute atomic E-state index is 12.2. The van der Waals surface area contributed by atoms with Crippen molar-refractivity contribution < 1.29 is 9.53 Å². The van der Waals surface area contributed by atoms with Crippen molar-refractivity contribution in [1.82, 2.24) is 14.7 Å². The van der Waals surface area contributed by atoms with Gasteiger partial charge in [0.2, 0.25) is 5.91 Å². The van der Waals surface area contributed by atoms with Gasteiger partial charge >= 0.3 is 0 Å². The Labute approximate surface area is 107 Å². The van der Waals surface area contributed by atoms with Crippen molar-refractivity contribution in [2.24, 2.45) is 5.92 Å². The monoisotopic (exact) mass is 249 g/mol. The zero-order chi connectivity index (χ0) is 12.5. The summed E-state index contributed by atoms with van der Waals surface area (Å²) in [5, 5.41) is 4.41. The van der Waals surface area contributed by atoms with Gasteiger partial charge in [-0.3, -0.25) is 9.48 Å². The molecule has 1 saturated heterocycles. The van der Waals surface area contributed by atoms with E-state index in [1.165, 1.54) is 0 Å². The summed E-state index contributed by atoms with van der Waals surface area (Å²) in [6.45, 7) is 5.84. The van der Waals surface area contributed by atoms with E-state index in [0.29, 0.717) is 18.9 Å². The highest BCUT2D eigenvalue weighted by Crippen LogP contribution is 2.20. The van der Waals surface area contributed by atoms with E-state index in [0.717, 1.165) is 44.1 Å². The first-order valence-corrected chi connectivity index (χ1v) is 6.61. The van der Waals surface area contributed by atoms with E-state index in [1.807, 2.05) is 16.5 Å². The molecular formula is C13H19N3O2. The van der Waals surface area contributed by atoms with Crippen molar-refractivity contribution in [3.63, 3.8) is 0 Å². The quantitative estimate of drug-likeness (QED) is 0.784. The Morgan fingerprint density at radius 1 is 1.56 bits per heavy atom. The SMILES string of the molecule is Cc1cc2n(n1)CCN(C(=O)C[C@H]1CCOC1)C2. The molecule has 0 unspecified atom stereocenters. The van der Waals surface area contributed by atoms with Crippen LogP contribution in [0.2, 0.25) is 0 Å². The fourth-order valence-corrected chi connectivity index (χ4v) is 2.74. The van der Waals surface area contributed by atoms with Crippen molar-refractivity contribution in [2.75, 3.05) is 19.8 Å². The lowest BCUT2D eigenvalue weighted by Crippen LogP contribution is -2.39. The zero-order valence-corrected chi connectivity index (χ0v) is 10.8. The van der Waals surface area contributed by atoms with Gasteiger partial charge in [-0.05, 0) is 25.3 Å². The van der Waals surface area contributed by atoms with E-state index < -0.39 is 0 Å². The molecule has 1 fully saturated rings. The predicted octanol–water partition coefficient (Wildman–Crippen LogP) is 0.960. The summed E-state index contributed by atoms with van der Waals surface area (Å²) in [6.07, 6.45) is 1.66. The van der Waals surface area contributed by atoms with E-state index in [4.69, 9.17) is 4.74 Å². The lowest BCUT2D eigenvalue weighted by Gasteiger charge is -2.28. The second-order valence-electron chi connectivity index (χ2n) is 5.25. The number of rotatable bonds is 2. The molecule has 0 radical (unpaired) electrons. The molecule has 0 bridgehead atoms. The molecule has 1 aromatic rings. The number of aryl methyl sites for hydroxylation is 1. The average Bonchev–Trinajstić information content (AvgIpc) is 2.95. The number of carbonyl (C=O) groups excluding carboxylic acids is 1. The summed E-state index contributed by atoms with van der Waals surface area (Å²) < 4.78 is 7.33. The van der Waals surface area contributed by atoms with Crippen LogP contribution in [0.25, 0.3) is 0 Å². The lowest BCUT2D eigenvalue weighted by atomic mass is 10.0. The second kappa shape index (κ2) is 4.72. The highest BCUT2D eigenvalue weighted by molar-refractivity contribution is 5.76. The first-order valence-electron chi connectivity index (χ1n) is 6.61. The van der Waals surface area contributed by atoms with Crippen LogP contribution in [0.1, 0.15) is 24.2 Å². The van der Waals surface area contributed by atoms with Gasteiger partial charge in [-0.2, -0.15) is 5.10 Å². The number of hydrogen-bond donors (Lipinski definition) is 0. The van der Waals surface area contributed by atoms with Crippen molar-refractivity contribution in [2.45, 2.75) is 32.9 Å². The molecule has 18 heavy (non-hydrogen) atoms. The van der Waals surface area contributed by atoms with Crippen LogP contribution in [0, 0.1) is 12.8 Å². The van der Waals surface area contributed by atoms with Crippen molar-refractivity contribution in [1.29, 1.82) is 0 Å². The summed E-state index contributed by atoms with van der Waals surface area (Å²) >= 11 is 0. The number of aromatic nitrogens is 2. The van der Waals surface area contributed by atoms with Crippen molar-refractivity contribution in [3.8, 4) is 0 Å². The fraction of sp³-hybridized carbons (Fsp3) is 0.692. The van der Waals surface area contributed by atoms with E-state index in [2.05, 4.69) is 11.2 Å². The van der Waals surface area contributed by atoms with Crippen LogP contribution < -0.4 is 0 Å². The summed E-state index contributed by atoms with van der Waals surface area (Å²) in [7, 11) is 0. The lowest BCUT2D eigenvalue weighted by molar-refractivity contribution is -0.133. The Balaban J connectivity index is 1.62. The fourth-order valence-electron chi connectivity index (χ4n) is 2.74. The van der Waals surface area contributed by atoms with Gasteiger partial charge in [-0.15, -0.1) is 0 Å². The minimum absolute atomic E-state index is 0.260. The standard InChI is InChI=1S/C13H19N3O2/c1-10-6-12-8-15(3-4-16(12)14-10)13(17)7-11-2-5-18-9-11/h6,11H,2-5,7-9H2,1H3/t11-/m1/s1. The summed E-state index contributed by atoms with van der Waals surface area (Å²) in [5.74, 6) is 0.682. The zero-order valence-electron chi connectivity index (χ0n) is 10.8. The number of amides is 1. The molecule has 5 nitrogen and oxygen atoms in total. The average molecular weight is 249 g/mol. The number of fused-ring (bicyclic) bond motifs is 1. The van der Waals surface area contributed by atoms with Crippen LogP contribution in [0.4, 0.5) is 0 Å². The highest BCUT2D eigenvalue weighted by atomic mass is 16.5. The van der Waals surface area contributed by atoms with Crippen LogP contribution in [-0.4, -0.2) is 40.3 Å². The topological polar surface area (TPSA) is 47.4 Å². The molecule has 1 amide bonds. The molecule has 2 aliphatic heterocycles. The van der Waals surface area contributed by atoms with Crippen LogP contribution in [-0.2, 0) is 22.6 Å². The van der Waals surface area contributed by atoms with Gasteiger partial charge in [0.1, 0.15) is 0 Å². The molecule has 98 valence electrons. The Morgan fingerprint density at radius 2 is 2.44 bits per heavy atom. The molecular weight excluding hydrogens is 230 g/mol. The van der Waals surface area contributed by atoms with Gasteiger partial charge < -0.3 is 9.64 Å². The molecule has 2 aliphatic rings. The van der Waals surface area contributed by atoms with Crippen LogP contribution in [0.5, 0.6) is 0 Å². The van der Waals surface area contributed by atoms with Crippen LogP contribution >= 0.6 is 0 Å². The molecule has 0 aliphatic carbocycles. The third-order valence-corrected chi connectivity index (χ3v) is 3.76. The first kappa shape index (κ1) is 11.7. The Morgan fingerprint density at radius 3 is 3.22 bits per heavy atom. The normalized spacial score (nSPS) is 23.2. The maximum atomic E-state index is 12.2. The van der Waals surface area contributed by atoms with E-state index in [9.17, 15) is 4.79 Å². The minimum Gasteiger partial charge on any atom is -0.381 e. The molecule has 0 aromatic carbocycles. The summed E-state index contributed by atoms with van der Waals surface area (Å²) in [5.41, 5.74) is 2.18. The van der Waals surface area contributed by atoms with Crippen molar-refractivity contribution in [3.05, 3.63) is 17.5 Å². The third kappa shape index (κ3) is 2.27. The molecule has 3 heterocycles. The Bertz CT molecular complexity index is 449. The third-order valence-electron chi connectivity index (χ3n) is 3.76. The largest absolute Gasteiger partial charge is 0.381 e. The first-order chi connectivity index (χ1) is 8.72.